The van der Waals surface area contributed by atoms with E-state index >= 15 is 0 Å². The van der Waals surface area contributed by atoms with Crippen molar-refractivity contribution in [3.8, 4) is 0 Å². The molecule has 1 aromatic carbocycles. The Morgan fingerprint density at radius 2 is 2.00 bits per heavy atom. The minimum Gasteiger partial charge on any atom is -0.389 e. The zero-order chi connectivity index (χ0) is 14.9. The molecule has 0 saturated heterocycles. The summed E-state index contributed by atoms with van der Waals surface area (Å²) in [7, 11) is 0. The summed E-state index contributed by atoms with van der Waals surface area (Å²) in [6, 6.07) is 6.41. The third-order valence-corrected chi connectivity index (χ3v) is 3.81. The van der Waals surface area contributed by atoms with Crippen molar-refractivity contribution < 1.29 is 14.6 Å². The summed E-state index contributed by atoms with van der Waals surface area (Å²) in [6.07, 6.45) is 4.36. The lowest BCUT2D eigenvalue weighted by atomic mass is 9.90. The van der Waals surface area contributed by atoms with Crippen LogP contribution in [-0.2, 0) is 22.3 Å². The van der Waals surface area contributed by atoms with Gasteiger partial charge in [-0.1, -0.05) is 12.1 Å². The van der Waals surface area contributed by atoms with Crippen molar-refractivity contribution in [2.75, 3.05) is 38.3 Å². The Labute approximate surface area is 127 Å². The topological polar surface area (TPSA) is 50.7 Å². The van der Waals surface area contributed by atoms with Crippen molar-refractivity contribution in [3.63, 3.8) is 0 Å². The van der Waals surface area contributed by atoms with Gasteiger partial charge in [-0.2, -0.15) is 0 Å². The number of benzene rings is 1. The highest BCUT2D eigenvalue weighted by molar-refractivity contribution is 5.55. The van der Waals surface area contributed by atoms with Crippen LogP contribution in [0.1, 0.15) is 30.9 Å². The van der Waals surface area contributed by atoms with Crippen molar-refractivity contribution in [1.82, 2.24) is 0 Å². The lowest BCUT2D eigenvalue weighted by Crippen LogP contribution is -2.26. The average molecular weight is 293 g/mol. The maximum Gasteiger partial charge on any atom is 0.0945 e. The molecule has 1 aliphatic rings. The van der Waals surface area contributed by atoms with Crippen molar-refractivity contribution in [2.24, 2.45) is 0 Å². The molecule has 0 amide bonds. The van der Waals surface area contributed by atoms with Gasteiger partial charge in [0.05, 0.1) is 25.9 Å². The fourth-order valence-electron chi connectivity index (χ4n) is 2.72. The molecule has 0 bridgehead atoms. The number of aliphatic hydroxyl groups excluding tert-OH is 1. The van der Waals surface area contributed by atoms with Crippen LogP contribution in [0.2, 0.25) is 0 Å². The average Bonchev–Trinajstić information content (AvgIpc) is 2.52. The van der Waals surface area contributed by atoms with E-state index in [0.717, 1.165) is 6.42 Å². The minimum absolute atomic E-state index is 0.342. The number of hydrogen-bond donors (Lipinski definition) is 2. The van der Waals surface area contributed by atoms with Crippen molar-refractivity contribution in [3.05, 3.63) is 29.3 Å². The second-order valence-electron chi connectivity index (χ2n) is 5.46. The van der Waals surface area contributed by atoms with Crippen LogP contribution in [0.25, 0.3) is 0 Å². The summed E-state index contributed by atoms with van der Waals surface area (Å²) >= 11 is 0. The Morgan fingerprint density at radius 1 is 1.19 bits per heavy atom. The Kier molecular flexibility index (Phi) is 7.00. The zero-order valence-corrected chi connectivity index (χ0v) is 12.9. The Hall–Kier alpha value is -1.10. The highest BCUT2D eigenvalue weighted by Crippen LogP contribution is 2.27. The van der Waals surface area contributed by atoms with Gasteiger partial charge in [0.25, 0.3) is 0 Å². The largest absolute Gasteiger partial charge is 0.389 e. The Morgan fingerprint density at radius 3 is 2.86 bits per heavy atom. The molecule has 0 aliphatic heterocycles. The third-order valence-electron chi connectivity index (χ3n) is 3.81. The predicted octanol–water partition coefficient (Wildman–Crippen LogP) is 2.39. The van der Waals surface area contributed by atoms with E-state index in [9.17, 15) is 5.11 Å². The number of anilines is 1. The summed E-state index contributed by atoms with van der Waals surface area (Å²) in [4.78, 5) is 0. The van der Waals surface area contributed by atoms with E-state index in [2.05, 4.69) is 23.5 Å². The zero-order valence-electron chi connectivity index (χ0n) is 12.9. The fraction of sp³-hybridized carbons (Fsp3) is 0.647. The monoisotopic (exact) mass is 293 g/mol. The number of rotatable bonds is 9. The number of fused-ring (bicyclic) bond motifs is 1. The lowest BCUT2D eigenvalue weighted by molar-refractivity contribution is 0.0103. The van der Waals surface area contributed by atoms with Crippen LogP contribution in [0, 0.1) is 0 Å². The number of nitrogens with one attached hydrogen (secondary N) is 1. The van der Waals surface area contributed by atoms with Crippen LogP contribution in [-0.4, -0.2) is 44.2 Å². The molecule has 1 aliphatic carbocycles. The van der Waals surface area contributed by atoms with Gasteiger partial charge in [-0.15, -0.1) is 0 Å². The third kappa shape index (κ3) is 5.30. The van der Waals surface area contributed by atoms with Crippen molar-refractivity contribution in [2.45, 2.75) is 38.7 Å². The van der Waals surface area contributed by atoms with E-state index in [4.69, 9.17) is 9.47 Å². The van der Waals surface area contributed by atoms with Crippen molar-refractivity contribution >= 4 is 5.69 Å². The maximum atomic E-state index is 9.94. The molecule has 0 heterocycles. The molecule has 118 valence electrons. The second kappa shape index (κ2) is 9.03. The van der Waals surface area contributed by atoms with Crippen LogP contribution in [0.3, 0.4) is 0 Å². The molecule has 0 aromatic heterocycles. The maximum absolute atomic E-state index is 9.94. The van der Waals surface area contributed by atoms with Gasteiger partial charge < -0.3 is 19.9 Å². The standard InChI is InChI=1S/C17H27NO3/c1-2-20-10-11-21-13-15(19)12-18-17-9-5-7-14-6-3-4-8-16(14)17/h5,7,9,15,18-19H,2-4,6,8,10-13H2,1H3. The molecule has 2 rings (SSSR count). The normalized spacial score (nSPS) is 15.5. The SMILES string of the molecule is CCOCCOCC(O)CNc1cccc2c1CCCC2. The highest BCUT2D eigenvalue weighted by atomic mass is 16.5. The minimum atomic E-state index is -0.494. The molecule has 1 aromatic rings. The van der Waals surface area contributed by atoms with Gasteiger partial charge in [0.2, 0.25) is 0 Å². The first-order chi connectivity index (χ1) is 10.3. The van der Waals surface area contributed by atoms with Gasteiger partial charge in [0.15, 0.2) is 0 Å². The van der Waals surface area contributed by atoms with Crippen LogP contribution in [0.5, 0.6) is 0 Å². The summed E-state index contributed by atoms with van der Waals surface area (Å²) in [5.41, 5.74) is 4.04. The first kappa shape index (κ1) is 16.3. The summed E-state index contributed by atoms with van der Waals surface area (Å²) < 4.78 is 10.6. The molecular weight excluding hydrogens is 266 g/mol. The summed E-state index contributed by atoms with van der Waals surface area (Å²) in [5.74, 6) is 0. The predicted molar refractivity (Wildman–Crippen MR) is 84.9 cm³/mol. The number of hydrogen-bond acceptors (Lipinski definition) is 4. The van der Waals surface area contributed by atoms with Gasteiger partial charge in [0.1, 0.15) is 0 Å². The molecular formula is C17H27NO3. The highest BCUT2D eigenvalue weighted by Gasteiger charge is 2.13. The molecule has 0 spiro atoms. The lowest BCUT2D eigenvalue weighted by Gasteiger charge is -2.21. The van der Waals surface area contributed by atoms with Crippen molar-refractivity contribution in [1.29, 1.82) is 0 Å². The van der Waals surface area contributed by atoms with E-state index in [0.29, 0.717) is 33.0 Å². The van der Waals surface area contributed by atoms with Gasteiger partial charge in [-0.3, -0.25) is 0 Å². The number of aryl methyl sites for hydroxylation is 1. The second-order valence-corrected chi connectivity index (χ2v) is 5.46. The van der Waals surface area contributed by atoms with Crippen LogP contribution in [0.15, 0.2) is 18.2 Å². The number of ether oxygens (including phenoxy) is 2. The number of aliphatic hydroxyl groups is 1. The molecule has 1 unspecified atom stereocenters. The van der Waals surface area contributed by atoms with E-state index in [1.54, 1.807) is 0 Å². The van der Waals surface area contributed by atoms with E-state index < -0.39 is 6.10 Å². The quantitative estimate of drug-likeness (QED) is 0.686. The molecule has 0 saturated carbocycles. The van der Waals surface area contributed by atoms with E-state index in [1.807, 2.05) is 6.92 Å². The Bertz CT molecular complexity index is 422. The van der Waals surface area contributed by atoms with Gasteiger partial charge in [-0.05, 0) is 49.8 Å². The van der Waals surface area contributed by atoms with Gasteiger partial charge in [0, 0.05) is 18.8 Å². The fourth-order valence-corrected chi connectivity index (χ4v) is 2.72. The molecule has 4 nitrogen and oxygen atoms in total. The summed E-state index contributed by atoms with van der Waals surface area (Å²) in [6.45, 7) is 4.64. The van der Waals surface area contributed by atoms with Gasteiger partial charge >= 0.3 is 0 Å². The first-order valence-electron chi connectivity index (χ1n) is 7.99. The molecule has 2 N–H and O–H groups in total. The van der Waals surface area contributed by atoms with E-state index in [-0.39, 0.29) is 0 Å². The Balaban J connectivity index is 1.73. The molecule has 1 atom stereocenters. The van der Waals surface area contributed by atoms with Crippen LogP contribution in [0.4, 0.5) is 5.69 Å². The van der Waals surface area contributed by atoms with E-state index in [1.165, 1.54) is 36.1 Å². The summed E-state index contributed by atoms with van der Waals surface area (Å²) in [5, 5.41) is 13.3. The van der Waals surface area contributed by atoms with Crippen LogP contribution < -0.4 is 5.32 Å². The molecule has 0 fully saturated rings. The molecule has 21 heavy (non-hydrogen) atoms. The smallest absolute Gasteiger partial charge is 0.0945 e. The first-order valence-corrected chi connectivity index (χ1v) is 7.99. The van der Waals surface area contributed by atoms with Gasteiger partial charge in [-0.25, -0.2) is 0 Å². The molecule has 4 heteroatoms. The van der Waals surface area contributed by atoms with Crippen LogP contribution >= 0.6 is 0 Å². The molecule has 0 radical (unpaired) electrons.